The van der Waals surface area contributed by atoms with Crippen molar-refractivity contribution in [1.29, 1.82) is 0 Å². The minimum Gasteiger partial charge on any atom is -0.465 e. The largest absolute Gasteiger partial charge is 0.465 e. The van der Waals surface area contributed by atoms with Gasteiger partial charge in [-0.2, -0.15) is 0 Å². The average Bonchev–Trinajstić information content (AvgIpc) is 4.16. The summed E-state index contributed by atoms with van der Waals surface area (Å²) < 4.78 is 4.83. The third-order valence-electron chi connectivity index (χ3n) is 12.1. The van der Waals surface area contributed by atoms with Crippen LogP contribution in [0.4, 0.5) is 9.59 Å². The molecule has 14 heteroatoms. The summed E-state index contributed by atoms with van der Waals surface area (Å²) in [6.07, 6.45) is 5.32. The van der Waals surface area contributed by atoms with Crippen LogP contribution in [0, 0.1) is 0 Å². The monoisotopic (exact) mass is 834 g/mol. The van der Waals surface area contributed by atoms with Crippen molar-refractivity contribution in [3.63, 3.8) is 0 Å². The molecule has 0 radical (unpaired) electrons. The van der Waals surface area contributed by atoms with E-state index in [9.17, 15) is 24.3 Å². The molecule has 318 valence electrons. The highest BCUT2D eigenvalue weighted by molar-refractivity contribution is 5.80. The van der Waals surface area contributed by atoms with E-state index in [4.69, 9.17) is 14.7 Å². The van der Waals surface area contributed by atoms with Crippen molar-refractivity contribution in [1.82, 2.24) is 40.0 Å². The second kappa shape index (κ2) is 18.6. The van der Waals surface area contributed by atoms with E-state index < -0.39 is 24.3 Å². The molecule has 4 heterocycles. The topological polar surface area (TPSA) is 177 Å². The van der Waals surface area contributed by atoms with Gasteiger partial charge in [-0.3, -0.25) is 9.59 Å². The Morgan fingerprint density at radius 1 is 0.694 bits per heavy atom. The van der Waals surface area contributed by atoms with Crippen LogP contribution < -0.4 is 5.32 Å². The fourth-order valence-corrected chi connectivity index (χ4v) is 8.69. The number of methoxy groups -OCH3 is 1. The molecule has 4 amide bonds. The molecule has 2 aliphatic heterocycles. The zero-order valence-corrected chi connectivity index (χ0v) is 34.7. The molecule has 0 saturated carbocycles. The van der Waals surface area contributed by atoms with Crippen molar-refractivity contribution in [2.75, 3.05) is 27.2 Å². The molecule has 0 bridgehead atoms. The molecule has 4 aromatic carbocycles. The molecule has 14 nitrogen and oxygen atoms in total. The average molecular weight is 835 g/mol. The van der Waals surface area contributed by atoms with E-state index in [-0.39, 0.29) is 36.7 Å². The Morgan fingerprint density at radius 3 is 1.61 bits per heavy atom. The Bertz CT molecular complexity index is 2490. The Morgan fingerprint density at radius 2 is 1.15 bits per heavy atom. The van der Waals surface area contributed by atoms with Crippen molar-refractivity contribution in [3.05, 3.63) is 144 Å². The van der Waals surface area contributed by atoms with E-state index >= 15 is 0 Å². The second-order valence-electron chi connectivity index (χ2n) is 15.8. The van der Waals surface area contributed by atoms with Crippen molar-refractivity contribution in [2.24, 2.45) is 0 Å². The highest BCUT2D eigenvalue weighted by Crippen LogP contribution is 2.36. The fourth-order valence-electron chi connectivity index (χ4n) is 8.69. The lowest BCUT2D eigenvalue weighted by Crippen LogP contribution is -2.37. The van der Waals surface area contributed by atoms with Gasteiger partial charge in [0.1, 0.15) is 11.6 Å². The first-order valence-corrected chi connectivity index (χ1v) is 21.0. The molecule has 0 aliphatic carbocycles. The fraction of sp³-hybridized carbons (Fsp3) is 0.292. The number of ether oxygens (including phenoxy) is 1. The molecule has 2 saturated heterocycles. The second-order valence-corrected chi connectivity index (χ2v) is 15.8. The summed E-state index contributed by atoms with van der Waals surface area (Å²) in [6, 6.07) is 33.7. The number of nitrogens with one attached hydrogen (secondary N) is 3. The quantitative estimate of drug-likeness (QED) is 0.0893. The van der Waals surface area contributed by atoms with Crippen LogP contribution in [0.5, 0.6) is 0 Å². The maximum Gasteiger partial charge on any atom is 0.407 e. The maximum absolute atomic E-state index is 13.7. The number of amides is 4. The minimum atomic E-state index is -1.09. The Hall–Kier alpha value is -7.22. The molecule has 2 aromatic heterocycles. The number of carboxylic acid groups (broad SMARTS) is 1. The molecular weight excluding hydrogens is 785 g/mol. The van der Waals surface area contributed by atoms with Crippen LogP contribution in [0.15, 0.2) is 122 Å². The van der Waals surface area contributed by atoms with Gasteiger partial charge >= 0.3 is 12.2 Å². The van der Waals surface area contributed by atoms with Crippen LogP contribution >= 0.6 is 0 Å². The van der Waals surface area contributed by atoms with Gasteiger partial charge < -0.3 is 39.8 Å². The molecule has 6 aromatic rings. The number of H-pyrrole nitrogens is 2. The molecule has 62 heavy (non-hydrogen) atoms. The number of alkyl carbamates (subject to hydrolysis) is 1. The predicted molar refractivity (Wildman–Crippen MR) is 233 cm³/mol. The van der Waals surface area contributed by atoms with Crippen LogP contribution in [-0.4, -0.2) is 91.0 Å². The molecule has 8 rings (SSSR count). The van der Waals surface area contributed by atoms with E-state index in [0.29, 0.717) is 18.9 Å². The lowest BCUT2D eigenvalue weighted by atomic mass is 10.0. The van der Waals surface area contributed by atoms with Crippen LogP contribution in [0.25, 0.3) is 33.6 Å². The van der Waals surface area contributed by atoms with Gasteiger partial charge in [-0.05, 0) is 59.1 Å². The number of likely N-dealkylation sites (tertiary alicyclic amines) is 2. The van der Waals surface area contributed by atoms with E-state index in [1.165, 1.54) is 19.1 Å². The lowest BCUT2D eigenvalue weighted by molar-refractivity contribution is -0.134. The molecular formula is C48H50N8O6. The third-order valence-corrected chi connectivity index (χ3v) is 12.1. The molecule has 1 unspecified atom stereocenters. The Balaban J connectivity index is 0.899. The van der Waals surface area contributed by atoms with E-state index in [2.05, 4.69) is 51.7 Å². The number of hydrogen-bond acceptors (Lipinski definition) is 7. The van der Waals surface area contributed by atoms with Gasteiger partial charge in [0.2, 0.25) is 11.8 Å². The van der Waals surface area contributed by atoms with Gasteiger partial charge in [0.05, 0.1) is 67.9 Å². The first-order chi connectivity index (χ1) is 30.2. The highest BCUT2D eigenvalue weighted by atomic mass is 16.5. The standard InChI is InChI=1S/C48H50N8O6/c1-54(48(60)61)42(36-13-7-4-8-14-36)28-44(58)56-26-10-16-41(56)46-50-30-39(52-46)35-23-19-32(20-24-35)31-17-21-34(22-18-31)38-29-49-45(51-38)40-15-9-25-55(40)43(57)27-37(53-47(59)62-2)33-11-5-3-6-12-33/h3-8,11-14,17-24,29-30,37,40-42H,9-10,15-16,25-28H2,1-2H3,(H,49,51)(H,50,52)(H,53,59)(H,60,61)/t37-,40?,41-,42-/m0/s1. The van der Waals surface area contributed by atoms with Crippen LogP contribution in [0.1, 0.15) is 85.5 Å². The zero-order chi connectivity index (χ0) is 43.2. The molecule has 4 N–H and O–H groups in total. The molecule has 2 fully saturated rings. The first kappa shape index (κ1) is 41.5. The summed E-state index contributed by atoms with van der Waals surface area (Å²) in [5.74, 6) is 1.27. The number of hydrogen-bond donors (Lipinski definition) is 4. The maximum atomic E-state index is 13.7. The van der Waals surface area contributed by atoms with Gasteiger partial charge in [0.15, 0.2) is 0 Å². The molecule has 2 aliphatic rings. The van der Waals surface area contributed by atoms with E-state index in [1.807, 2.05) is 88.8 Å². The highest BCUT2D eigenvalue weighted by Gasteiger charge is 2.36. The Labute approximate surface area is 360 Å². The van der Waals surface area contributed by atoms with Crippen LogP contribution in [-0.2, 0) is 14.3 Å². The summed E-state index contributed by atoms with van der Waals surface area (Å²) in [7, 11) is 2.81. The van der Waals surface area contributed by atoms with Gasteiger partial charge in [-0.1, -0.05) is 109 Å². The van der Waals surface area contributed by atoms with Crippen molar-refractivity contribution in [3.8, 4) is 33.6 Å². The lowest BCUT2D eigenvalue weighted by Gasteiger charge is -2.29. The van der Waals surface area contributed by atoms with Crippen LogP contribution in [0.3, 0.4) is 0 Å². The third kappa shape index (κ3) is 9.09. The van der Waals surface area contributed by atoms with Gasteiger partial charge in [-0.25, -0.2) is 19.6 Å². The number of benzene rings is 4. The van der Waals surface area contributed by atoms with E-state index in [1.54, 1.807) is 6.20 Å². The summed E-state index contributed by atoms with van der Waals surface area (Å²) in [5, 5.41) is 12.6. The van der Waals surface area contributed by atoms with Crippen molar-refractivity contribution >= 4 is 24.0 Å². The van der Waals surface area contributed by atoms with Crippen molar-refractivity contribution in [2.45, 2.75) is 62.7 Å². The summed E-state index contributed by atoms with van der Waals surface area (Å²) in [6.45, 7) is 1.20. The van der Waals surface area contributed by atoms with Gasteiger partial charge in [0, 0.05) is 20.1 Å². The molecule has 4 atom stereocenters. The molecule has 0 spiro atoms. The normalized spacial score (nSPS) is 17.1. The van der Waals surface area contributed by atoms with Gasteiger partial charge in [-0.15, -0.1) is 0 Å². The number of nitrogens with zero attached hydrogens (tertiary/aromatic N) is 5. The SMILES string of the molecule is COC(=O)N[C@@H](CC(=O)N1CCCC1c1ncc(-c2ccc(-c3ccc(-c4cnc([C@@H]5CCCN5C(=O)C[C@@H](c5ccccc5)N(C)C(=O)O)[nH]4)cc3)cc2)[nH]1)c1ccccc1. The Kier molecular flexibility index (Phi) is 12.4. The first-order valence-electron chi connectivity index (χ1n) is 21.0. The van der Waals surface area contributed by atoms with E-state index in [0.717, 1.165) is 76.3 Å². The number of carbonyl (C=O) groups is 4. The smallest absolute Gasteiger partial charge is 0.407 e. The minimum absolute atomic E-state index is 0.0416. The van der Waals surface area contributed by atoms with Gasteiger partial charge in [0.25, 0.3) is 0 Å². The van der Waals surface area contributed by atoms with Crippen molar-refractivity contribution < 1.29 is 29.0 Å². The number of aromatic nitrogens is 4. The number of rotatable bonds is 13. The predicted octanol–water partition coefficient (Wildman–Crippen LogP) is 8.69. The number of imidazole rings is 2. The number of aromatic amines is 2. The number of carbonyl (C=O) groups excluding carboxylic acids is 3. The zero-order valence-electron chi connectivity index (χ0n) is 34.7. The summed E-state index contributed by atoms with van der Waals surface area (Å²) in [5.41, 5.74) is 7.35. The summed E-state index contributed by atoms with van der Waals surface area (Å²) in [4.78, 5) is 72.7. The van der Waals surface area contributed by atoms with Crippen LogP contribution in [0.2, 0.25) is 0 Å². The summed E-state index contributed by atoms with van der Waals surface area (Å²) >= 11 is 0.